The van der Waals surface area contributed by atoms with Crippen molar-refractivity contribution in [2.75, 3.05) is 26.2 Å². The van der Waals surface area contributed by atoms with Crippen LogP contribution in [-0.2, 0) is 16.0 Å². The van der Waals surface area contributed by atoms with E-state index < -0.39 is 0 Å². The molecule has 1 aromatic carbocycles. The number of ether oxygens (including phenoxy) is 1. The van der Waals surface area contributed by atoms with Crippen molar-refractivity contribution >= 4 is 5.91 Å². The molecule has 0 bridgehead atoms. The Morgan fingerprint density at radius 3 is 2.78 bits per heavy atom. The van der Waals surface area contributed by atoms with Crippen LogP contribution < -0.4 is 5.73 Å². The van der Waals surface area contributed by atoms with Crippen molar-refractivity contribution in [2.45, 2.75) is 12.5 Å². The Morgan fingerprint density at radius 2 is 2.11 bits per heavy atom. The van der Waals surface area contributed by atoms with E-state index in [1.165, 1.54) is 12.1 Å². The zero-order chi connectivity index (χ0) is 13.0. The summed E-state index contributed by atoms with van der Waals surface area (Å²) in [7, 11) is 0. The quantitative estimate of drug-likeness (QED) is 0.851. The van der Waals surface area contributed by atoms with Gasteiger partial charge >= 0.3 is 0 Å². The van der Waals surface area contributed by atoms with Crippen LogP contribution >= 0.6 is 0 Å². The Labute approximate surface area is 106 Å². The first-order valence-electron chi connectivity index (χ1n) is 6.03. The molecule has 4 nitrogen and oxygen atoms in total. The smallest absolute Gasteiger partial charge is 0.248 e. The monoisotopic (exact) mass is 252 g/mol. The van der Waals surface area contributed by atoms with E-state index in [2.05, 4.69) is 0 Å². The summed E-state index contributed by atoms with van der Waals surface area (Å²) in [6.45, 7) is 1.67. The number of carbonyl (C=O) groups excluding carboxylic acids is 1. The molecule has 1 heterocycles. The van der Waals surface area contributed by atoms with Gasteiger partial charge in [0, 0.05) is 19.6 Å². The molecule has 1 aliphatic heterocycles. The van der Waals surface area contributed by atoms with Crippen LogP contribution in [0.2, 0.25) is 0 Å². The predicted octanol–water partition coefficient (Wildman–Crippen LogP) is 0.554. The van der Waals surface area contributed by atoms with Crippen molar-refractivity contribution < 1.29 is 13.9 Å². The SMILES string of the molecule is NCC1CN(CCc2ccc(F)cc2)C(=O)CO1. The van der Waals surface area contributed by atoms with E-state index in [-0.39, 0.29) is 24.4 Å². The first kappa shape index (κ1) is 13.0. The fraction of sp³-hybridized carbons (Fsp3) is 0.462. The molecule has 0 aliphatic carbocycles. The highest BCUT2D eigenvalue weighted by molar-refractivity contribution is 5.78. The molecular formula is C13H17FN2O2. The Bertz CT molecular complexity index is 408. The first-order chi connectivity index (χ1) is 8.69. The van der Waals surface area contributed by atoms with Crippen LogP contribution in [0.15, 0.2) is 24.3 Å². The summed E-state index contributed by atoms with van der Waals surface area (Å²) in [4.78, 5) is 13.4. The maximum absolute atomic E-state index is 12.7. The number of rotatable bonds is 4. The van der Waals surface area contributed by atoms with Gasteiger partial charge in [0.05, 0.1) is 6.10 Å². The minimum atomic E-state index is -0.246. The highest BCUT2D eigenvalue weighted by atomic mass is 19.1. The van der Waals surface area contributed by atoms with Gasteiger partial charge in [-0.05, 0) is 24.1 Å². The lowest BCUT2D eigenvalue weighted by Crippen LogP contribution is -2.49. The van der Waals surface area contributed by atoms with Gasteiger partial charge in [0.25, 0.3) is 0 Å². The van der Waals surface area contributed by atoms with Gasteiger partial charge in [-0.2, -0.15) is 0 Å². The average Bonchev–Trinajstić information content (AvgIpc) is 2.40. The van der Waals surface area contributed by atoms with Gasteiger partial charge < -0.3 is 15.4 Å². The van der Waals surface area contributed by atoms with E-state index in [1.54, 1.807) is 17.0 Å². The van der Waals surface area contributed by atoms with Gasteiger partial charge in [0.15, 0.2) is 0 Å². The Morgan fingerprint density at radius 1 is 1.39 bits per heavy atom. The van der Waals surface area contributed by atoms with E-state index >= 15 is 0 Å². The lowest BCUT2D eigenvalue weighted by Gasteiger charge is -2.32. The minimum Gasteiger partial charge on any atom is -0.365 e. The van der Waals surface area contributed by atoms with Gasteiger partial charge in [-0.1, -0.05) is 12.1 Å². The van der Waals surface area contributed by atoms with Crippen molar-refractivity contribution in [2.24, 2.45) is 5.73 Å². The average molecular weight is 252 g/mol. The lowest BCUT2D eigenvalue weighted by molar-refractivity contribution is -0.148. The molecule has 1 unspecified atom stereocenters. The number of amides is 1. The highest BCUT2D eigenvalue weighted by Crippen LogP contribution is 2.09. The van der Waals surface area contributed by atoms with Crippen molar-refractivity contribution in [1.82, 2.24) is 4.90 Å². The molecule has 0 saturated carbocycles. The van der Waals surface area contributed by atoms with Gasteiger partial charge in [0.2, 0.25) is 5.91 Å². The van der Waals surface area contributed by atoms with Crippen LogP contribution in [0.5, 0.6) is 0 Å². The molecular weight excluding hydrogens is 235 g/mol. The molecule has 1 aromatic rings. The van der Waals surface area contributed by atoms with Crippen LogP contribution in [-0.4, -0.2) is 43.2 Å². The molecule has 18 heavy (non-hydrogen) atoms. The summed E-state index contributed by atoms with van der Waals surface area (Å²) >= 11 is 0. The molecule has 0 radical (unpaired) electrons. The van der Waals surface area contributed by atoms with E-state index in [0.717, 1.165) is 5.56 Å². The topological polar surface area (TPSA) is 55.6 Å². The second-order valence-corrected chi connectivity index (χ2v) is 4.38. The molecule has 1 saturated heterocycles. The van der Waals surface area contributed by atoms with Gasteiger partial charge in [-0.3, -0.25) is 4.79 Å². The zero-order valence-corrected chi connectivity index (χ0v) is 10.1. The van der Waals surface area contributed by atoms with Crippen molar-refractivity contribution in [3.05, 3.63) is 35.6 Å². The third-order valence-electron chi connectivity index (χ3n) is 3.07. The van der Waals surface area contributed by atoms with E-state index in [9.17, 15) is 9.18 Å². The fourth-order valence-electron chi connectivity index (χ4n) is 1.95. The summed E-state index contributed by atoms with van der Waals surface area (Å²) in [5.74, 6) is -0.258. The van der Waals surface area contributed by atoms with Crippen LogP contribution in [0.25, 0.3) is 0 Å². The van der Waals surface area contributed by atoms with Crippen LogP contribution in [0.3, 0.4) is 0 Å². The molecule has 98 valence electrons. The summed E-state index contributed by atoms with van der Waals surface area (Å²) in [6, 6.07) is 6.33. The molecule has 2 rings (SSSR count). The lowest BCUT2D eigenvalue weighted by atomic mass is 10.1. The normalized spacial score (nSPS) is 20.2. The third-order valence-corrected chi connectivity index (χ3v) is 3.07. The number of halogens is 1. The summed E-state index contributed by atoms with van der Waals surface area (Å²) in [5, 5.41) is 0. The Hall–Kier alpha value is -1.46. The number of benzene rings is 1. The maximum Gasteiger partial charge on any atom is 0.248 e. The zero-order valence-electron chi connectivity index (χ0n) is 10.1. The third kappa shape index (κ3) is 3.27. The minimum absolute atomic E-state index is 0.0122. The molecule has 0 spiro atoms. The predicted molar refractivity (Wildman–Crippen MR) is 65.5 cm³/mol. The number of nitrogens with zero attached hydrogens (tertiary/aromatic N) is 1. The maximum atomic E-state index is 12.7. The van der Waals surface area contributed by atoms with Gasteiger partial charge in [0.1, 0.15) is 12.4 Å². The standard InChI is InChI=1S/C13H17FN2O2/c14-11-3-1-10(2-4-11)5-6-16-8-12(7-15)18-9-13(16)17/h1-4,12H,5-9,15H2. The molecule has 1 amide bonds. The number of carbonyl (C=O) groups is 1. The number of hydrogen-bond donors (Lipinski definition) is 1. The first-order valence-corrected chi connectivity index (χ1v) is 6.03. The van der Waals surface area contributed by atoms with Crippen LogP contribution in [0, 0.1) is 5.82 Å². The fourth-order valence-corrected chi connectivity index (χ4v) is 1.95. The van der Waals surface area contributed by atoms with Crippen LogP contribution in [0.1, 0.15) is 5.56 Å². The van der Waals surface area contributed by atoms with Crippen molar-refractivity contribution in [3.8, 4) is 0 Å². The second-order valence-electron chi connectivity index (χ2n) is 4.38. The summed E-state index contributed by atoms with van der Waals surface area (Å²) in [6.07, 6.45) is 0.638. The van der Waals surface area contributed by atoms with E-state index in [4.69, 9.17) is 10.5 Å². The molecule has 0 aromatic heterocycles. The summed E-state index contributed by atoms with van der Waals surface area (Å²) in [5.41, 5.74) is 6.54. The highest BCUT2D eigenvalue weighted by Gasteiger charge is 2.24. The largest absolute Gasteiger partial charge is 0.365 e. The molecule has 1 atom stereocenters. The molecule has 2 N–H and O–H groups in total. The molecule has 5 heteroatoms. The van der Waals surface area contributed by atoms with Crippen molar-refractivity contribution in [3.63, 3.8) is 0 Å². The number of morpholine rings is 1. The Kier molecular flexibility index (Phi) is 4.28. The Balaban J connectivity index is 1.88. The number of nitrogens with two attached hydrogens (primary N) is 1. The number of hydrogen-bond acceptors (Lipinski definition) is 3. The van der Waals surface area contributed by atoms with Gasteiger partial charge in [-0.15, -0.1) is 0 Å². The van der Waals surface area contributed by atoms with Crippen LogP contribution in [0.4, 0.5) is 4.39 Å². The molecule has 1 fully saturated rings. The van der Waals surface area contributed by atoms with Gasteiger partial charge in [-0.25, -0.2) is 4.39 Å². The second kappa shape index (κ2) is 5.93. The molecule has 1 aliphatic rings. The van der Waals surface area contributed by atoms with E-state index in [0.29, 0.717) is 26.1 Å². The summed E-state index contributed by atoms with van der Waals surface area (Å²) < 4.78 is 18.0. The van der Waals surface area contributed by atoms with E-state index in [1.807, 2.05) is 0 Å². The van der Waals surface area contributed by atoms with Crippen molar-refractivity contribution in [1.29, 1.82) is 0 Å².